The van der Waals surface area contributed by atoms with Crippen molar-refractivity contribution in [1.82, 2.24) is 10.2 Å². The number of fused-ring (bicyclic) bond motifs is 1. The van der Waals surface area contributed by atoms with Crippen LogP contribution in [0.25, 0.3) is 0 Å². The fourth-order valence-electron chi connectivity index (χ4n) is 3.45. The fourth-order valence-corrected chi connectivity index (χ4v) is 4.97. The van der Waals surface area contributed by atoms with E-state index in [1.165, 1.54) is 6.92 Å². The molecule has 0 aromatic heterocycles. The average molecular weight is 493 g/mol. The predicted octanol–water partition coefficient (Wildman–Crippen LogP) is 3.65. The third-order valence-electron chi connectivity index (χ3n) is 4.92. The first kappa shape index (κ1) is 22.5. The van der Waals surface area contributed by atoms with Crippen molar-refractivity contribution in [3.05, 3.63) is 52.0 Å². The molecule has 1 unspecified atom stereocenters. The Balaban J connectivity index is 1.74. The maximum Gasteiger partial charge on any atom is 0.246 e. The molecule has 30 heavy (non-hydrogen) atoms. The van der Waals surface area contributed by atoms with E-state index >= 15 is 0 Å². The predicted molar refractivity (Wildman–Crippen MR) is 121 cm³/mol. The highest BCUT2D eigenvalue weighted by Crippen LogP contribution is 2.33. The molecule has 160 valence electrons. The van der Waals surface area contributed by atoms with Crippen molar-refractivity contribution < 1.29 is 19.1 Å². The summed E-state index contributed by atoms with van der Waals surface area (Å²) in [4.78, 5) is 27.8. The Morgan fingerprint density at radius 1 is 1.17 bits per heavy atom. The van der Waals surface area contributed by atoms with Crippen LogP contribution in [-0.2, 0) is 22.6 Å². The van der Waals surface area contributed by atoms with Gasteiger partial charge >= 0.3 is 0 Å². The average Bonchev–Trinajstić information content (AvgIpc) is 2.74. The van der Waals surface area contributed by atoms with Crippen LogP contribution in [-0.4, -0.2) is 49.3 Å². The molecule has 0 bridgehead atoms. The third kappa shape index (κ3) is 5.49. The largest absolute Gasteiger partial charge is 0.493 e. The van der Waals surface area contributed by atoms with E-state index < -0.39 is 6.04 Å². The highest BCUT2D eigenvalue weighted by Gasteiger charge is 2.29. The molecule has 0 fully saturated rings. The monoisotopic (exact) mass is 492 g/mol. The van der Waals surface area contributed by atoms with Crippen LogP contribution in [0.1, 0.15) is 18.1 Å². The minimum Gasteiger partial charge on any atom is -0.493 e. The summed E-state index contributed by atoms with van der Waals surface area (Å²) in [5.41, 5.74) is 2.18. The number of hydrogen-bond acceptors (Lipinski definition) is 5. The molecular weight excluding hydrogens is 468 g/mol. The van der Waals surface area contributed by atoms with Gasteiger partial charge in [-0.3, -0.25) is 9.59 Å². The molecule has 0 radical (unpaired) electrons. The van der Waals surface area contributed by atoms with Crippen molar-refractivity contribution in [2.75, 3.05) is 26.5 Å². The Bertz CT molecular complexity index is 937. The van der Waals surface area contributed by atoms with Gasteiger partial charge in [-0.2, -0.15) is 0 Å². The van der Waals surface area contributed by atoms with Crippen LogP contribution in [0, 0.1) is 0 Å². The van der Waals surface area contributed by atoms with Crippen LogP contribution in [0.3, 0.4) is 0 Å². The number of hydrogen-bond donors (Lipinski definition) is 1. The summed E-state index contributed by atoms with van der Waals surface area (Å²) in [5.74, 6) is 1.51. The lowest BCUT2D eigenvalue weighted by atomic mass is 9.98. The van der Waals surface area contributed by atoms with Gasteiger partial charge in [0.05, 0.1) is 14.2 Å². The molecule has 1 aliphatic rings. The van der Waals surface area contributed by atoms with Gasteiger partial charge in [-0.15, -0.1) is 11.8 Å². The van der Waals surface area contributed by atoms with E-state index in [4.69, 9.17) is 9.47 Å². The zero-order valence-corrected chi connectivity index (χ0v) is 19.6. The van der Waals surface area contributed by atoms with Crippen molar-refractivity contribution in [3.63, 3.8) is 0 Å². The molecular formula is C22H25BrN2O4S. The lowest BCUT2D eigenvalue weighted by Gasteiger charge is -2.32. The molecule has 0 saturated carbocycles. The number of benzene rings is 2. The van der Waals surface area contributed by atoms with E-state index in [9.17, 15) is 9.59 Å². The van der Waals surface area contributed by atoms with E-state index in [1.54, 1.807) is 30.9 Å². The maximum atomic E-state index is 13.2. The molecule has 2 amide bonds. The number of nitrogens with one attached hydrogen (secondary N) is 1. The number of methoxy groups -OCH3 is 2. The smallest absolute Gasteiger partial charge is 0.246 e. The molecule has 1 atom stereocenters. The highest BCUT2D eigenvalue weighted by atomic mass is 79.9. The molecule has 8 heteroatoms. The van der Waals surface area contributed by atoms with Crippen molar-refractivity contribution >= 4 is 39.5 Å². The molecule has 1 N–H and O–H groups in total. The minimum atomic E-state index is -0.590. The number of rotatable bonds is 7. The van der Waals surface area contributed by atoms with Gasteiger partial charge in [0, 0.05) is 35.1 Å². The van der Waals surface area contributed by atoms with Crippen molar-refractivity contribution in [2.24, 2.45) is 0 Å². The van der Waals surface area contributed by atoms with Crippen LogP contribution in [0.15, 0.2) is 45.8 Å². The SMILES string of the molecule is COc1cc2c(cc1OC)CN(C(=O)C(CSc1cccc(Br)c1)NC(C)=O)CC2. The molecule has 1 heterocycles. The standard InChI is InChI=1S/C22H25BrN2O4S/c1-14(26)24-19(13-30-18-6-4-5-17(23)11-18)22(27)25-8-7-15-9-20(28-2)21(29-3)10-16(15)12-25/h4-6,9-11,19H,7-8,12-13H2,1-3H3,(H,24,26). The summed E-state index contributed by atoms with van der Waals surface area (Å²) in [6, 6.07) is 11.2. The topological polar surface area (TPSA) is 67.9 Å². The summed E-state index contributed by atoms with van der Waals surface area (Å²) in [7, 11) is 3.21. The fraction of sp³-hybridized carbons (Fsp3) is 0.364. The van der Waals surface area contributed by atoms with Crippen molar-refractivity contribution in [1.29, 1.82) is 0 Å². The summed E-state index contributed by atoms with van der Waals surface area (Å²) in [5, 5.41) is 2.82. The summed E-state index contributed by atoms with van der Waals surface area (Å²) >= 11 is 5.01. The number of halogens is 1. The van der Waals surface area contributed by atoms with Gasteiger partial charge in [0.1, 0.15) is 6.04 Å². The summed E-state index contributed by atoms with van der Waals surface area (Å²) in [6.07, 6.45) is 0.729. The van der Waals surface area contributed by atoms with E-state index in [0.29, 0.717) is 30.3 Å². The molecule has 0 saturated heterocycles. The van der Waals surface area contributed by atoms with Crippen LogP contribution in [0.2, 0.25) is 0 Å². The van der Waals surface area contributed by atoms with Gasteiger partial charge in [-0.05, 0) is 47.9 Å². The van der Waals surface area contributed by atoms with Gasteiger partial charge in [-0.25, -0.2) is 0 Å². The van der Waals surface area contributed by atoms with Crippen molar-refractivity contribution in [2.45, 2.75) is 30.8 Å². The van der Waals surface area contributed by atoms with Crippen LogP contribution in [0.5, 0.6) is 11.5 Å². The first-order valence-corrected chi connectivity index (χ1v) is 11.4. The van der Waals surface area contributed by atoms with Crippen LogP contribution < -0.4 is 14.8 Å². The van der Waals surface area contributed by atoms with E-state index in [2.05, 4.69) is 21.2 Å². The number of nitrogens with zero attached hydrogens (tertiary/aromatic N) is 1. The van der Waals surface area contributed by atoms with Gasteiger partial charge in [-0.1, -0.05) is 22.0 Å². The number of thioether (sulfide) groups is 1. The molecule has 0 aliphatic carbocycles. The zero-order chi connectivity index (χ0) is 21.7. The van der Waals surface area contributed by atoms with Crippen LogP contribution >= 0.6 is 27.7 Å². The Kier molecular flexibility index (Phi) is 7.66. The molecule has 2 aromatic rings. The van der Waals surface area contributed by atoms with Crippen LogP contribution in [0.4, 0.5) is 0 Å². The Hall–Kier alpha value is -2.19. The highest BCUT2D eigenvalue weighted by molar-refractivity contribution is 9.10. The van der Waals surface area contributed by atoms with Crippen molar-refractivity contribution in [3.8, 4) is 11.5 Å². The van der Waals surface area contributed by atoms with Gasteiger partial charge < -0.3 is 19.7 Å². The second-order valence-electron chi connectivity index (χ2n) is 7.01. The summed E-state index contributed by atoms with van der Waals surface area (Å²) < 4.78 is 11.8. The lowest BCUT2D eigenvalue weighted by molar-refractivity contribution is -0.136. The zero-order valence-electron chi connectivity index (χ0n) is 17.2. The van der Waals surface area contributed by atoms with Gasteiger partial charge in [0.25, 0.3) is 0 Å². The lowest BCUT2D eigenvalue weighted by Crippen LogP contribution is -2.50. The quantitative estimate of drug-likeness (QED) is 0.597. The number of ether oxygens (including phenoxy) is 2. The van der Waals surface area contributed by atoms with E-state index in [0.717, 1.165) is 26.9 Å². The third-order valence-corrected chi connectivity index (χ3v) is 6.50. The van der Waals surface area contributed by atoms with E-state index in [-0.39, 0.29) is 11.8 Å². The molecule has 6 nitrogen and oxygen atoms in total. The molecule has 0 spiro atoms. The minimum absolute atomic E-state index is 0.0758. The summed E-state index contributed by atoms with van der Waals surface area (Å²) in [6.45, 7) is 2.51. The Labute approximate surface area is 189 Å². The number of carbonyl (C=O) groups excluding carboxylic acids is 2. The Morgan fingerprint density at radius 2 is 1.87 bits per heavy atom. The Morgan fingerprint density at radius 3 is 2.50 bits per heavy atom. The number of amides is 2. The molecule has 1 aliphatic heterocycles. The first-order chi connectivity index (χ1) is 14.4. The second kappa shape index (κ2) is 10.2. The van der Waals surface area contributed by atoms with E-state index in [1.807, 2.05) is 36.4 Å². The molecule has 3 rings (SSSR count). The molecule has 2 aromatic carbocycles. The first-order valence-electron chi connectivity index (χ1n) is 9.59. The van der Waals surface area contributed by atoms with Gasteiger partial charge in [0.15, 0.2) is 11.5 Å². The number of carbonyl (C=O) groups is 2. The normalized spacial score (nSPS) is 13.9. The second-order valence-corrected chi connectivity index (χ2v) is 9.02. The van der Waals surface area contributed by atoms with Gasteiger partial charge in [0.2, 0.25) is 11.8 Å². The maximum absolute atomic E-state index is 13.2.